The fourth-order valence-corrected chi connectivity index (χ4v) is 4.10. The van der Waals surface area contributed by atoms with Crippen LogP contribution >= 0.6 is 11.3 Å². The number of ether oxygens (including phenoxy) is 1. The number of nitrogens with one attached hydrogen (secondary N) is 1. The predicted molar refractivity (Wildman–Crippen MR) is 86.7 cm³/mol. The van der Waals surface area contributed by atoms with E-state index in [0.717, 1.165) is 23.5 Å². The van der Waals surface area contributed by atoms with Crippen LogP contribution in [0.4, 0.5) is 10.8 Å². The van der Waals surface area contributed by atoms with Gasteiger partial charge in [-0.25, -0.2) is 18.2 Å². The Labute approximate surface area is 141 Å². The van der Waals surface area contributed by atoms with Gasteiger partial charge in [-0.15, -0.1) is 0 Å². The molecule has 0 saturated carbocycles. The van der Waals surface area contributed by atoms with Crippen LogP contribution in [0.3, 0.4) is 0 Å². The Morgan fingerprint density at radius 1 is 1.42 bits per heavy atom. The predicted octanol–water partition coefficient (Wildman–Crippen LogP) is 2.34. The Morgan fingerprint density at radius 3 is 2.71 bits per heavy atom. The average molecular weight is 371 g/mol. The zero-order chi connectivity index (χ0) is 17.9. The van der Waals surface area contributed by atoms with E-state index < -0.39 is 31.5 Å². The van der Waals surface area contributed by atoms with Crippen LogP contribution in [0.5, 0.6) is 0 Å². The number of anilines is 1. The summed E-state index contributed by atoms with van der Waals surface area (Å²) in [4.78, 5) is 25.6. The number of carbonyl (C=O) groups excluding carboxylic acids is 1. The molecule has 0 radical (unpaired) electrons. The Kier molecular flexibility index (Phi) is 5.14. The Hall–Kier alpha value is -2.53. The highest BCUT2D eigenvalue weighted by Crippen LogP contribution is 2.28. The number of aryl methyl sites for hydroxylation is 1. The van der Waals surface area contributed by atoms with Crippen molar-refractivity contribution in [3.05, 3.63) is 45.0 Å². The van der Waals surface area contributed by atoms with Gasteiger partial charge in [-0.1, -0.05) is 23.5 Å². The molecular formula is C13H13N3O6S2. The summed E-state index contributed by atoms with van der Waals surface area (Å²) >= 11 is 0.798. The lowest BCUT2D eigenvalue weighted by molar-refractivity contribution is -0.387. The molecule has 128 valence electrons. The molecule has 0 aliphatic rings. The molecule has 11 heteroatoms. The van der Waals surface area contributed by atoms with Gasteiger partial charge in [0.2, 0.25) is 0 Å². The maximum absolute atomic E-state index is 12.4. The summed E-state index contributed by atoms with van der Waals surface area (Å²) in [5.41, 5.74) is -0.248. The molecule has 0 amide bonds. The highest BCUT2D eigenvalue weighted by atomic mass is 32.2. The highest BCUT2D eigenvalue weighted by Gasteiger charge is 2.27. The molecule has 9 nitrogen and oxygen atoms in total. The number of carbonyl (C=O) groups is 1. The summed E-state index contributed by atoms with van der Waals surface area (Å²) in [6.45, 7) is 3.35. The number of thiazole rings is 1. The first-order chi connectivity index (χ1) is 11.3. The number of esters is 1. The Balaban J connectivity index is 2.36. The third-order valence-corrected chi connectivity index (χ3v) is 5.40. The number of sulfonamides is 1. The molecule has 2 aromatic rings. The highest BCUT2D eigenvalue weighted by molar-refractivity contribution is 7.93. The van der Waals surface area contributed by atoms with Crippen LogP contribution in [0.15, 0.2) is 29.2 Å². The molecule has 0 aliphatic carbocycles. The second-order valence-electron chi connectivity index (χ2n) is 4.48. The number of nitro groups is 1. The summed E-state index contributed by atoms with van der Waals surface area (Å²) in [5.74, 6) is -0.608. The van der Waals surface area contributed by atoms with E-state index in [1.54, 1.807) is 6.92 Å². The lowest BCUT2D eigenvalue weighted by Gasteiger charge is -2.05. The third kappa shape index (κ3) is 3.68. The zero-order valence-electron chi connectivity index (χ0n) is 12.7. The van der Waals surface area contributed by atoms with Crippen molar-refractivity contribution in [2.45, 2.75) is 18.7 Å². The number of nitrogens with zero attached hydrogens (tertiary/aromatic N) is 2. The van der Waals surface area contributed by atoms with Gasteiger partial charge in [-0.05, 0) is 19.9 Å². The number of aromatic nitrogens is 1. The van der Waals surface area contributed by atoms with Crippen molar-refractivity contribution in [2.24, 2.45) is 0 Å². The first-order valence-corrected chi connectivity index (χ1v) is 8.97. The van der Waals surface area contributed by atoms with Crippen LogP contribution in [0.1, 0.15) is 22.3 Å². The third-order valence-electron chi connectivity index (χ3n) is 2.83. The molecule has 1 heterocycles. The number of nitro benzene ring substituents is 1. The lowest BCUT2D eigenvalue weighted by Crippen LogP contribution is -2.14. The SMILES string of the molecule is CCOC(=O)c1sc(NS(=O)(=O)c2ccccc2[N+](=O)[O-])nc1C. The van der Waals surface area contributed by atoms with E-state index in [2.05, 4.69) is 9.71 Å². The summed E-state index contributed by atoms with van der Waals surface area (Å²) in [7, 11) is -4.23. The molecule has 1 aromatic heterocycles. The van der Waals surface area contributed by atoms with Crippen molar-refractivity contribution in [1.29, 1.82) is 0 Å². The molecule has 0 fully saturated rings. The van der Waals surface area contributed by atoms with Crippen molar-refractivity contribution >= 4 is 38.1 Å². The molecule has 2 rings (SSSR count). The summed E-state index contributed by atoms with van der Waals surface area (Å²) in [6, 6.07) is 4.95. The molecule has 24 heavy (non-hydrogen) atoms. The number of benzene rings is 1. The van der Waals surface area contributed by atoms with Gasteiger partial charge in [0, 0.05) is 6.07 Å². The van der Waals surface area contributed by atoms with E-state index in [-0.39, 0.29) is 16.6 Å². The van der Waals surface area contributed by atoms with E-state index >= 15 is 0 Å². The molecule has 1 aromatic carbocycles. The normalized spacial score (nSPS) is 11.1. The van der Waals surface area contributed by atoms with Crippen molar-refractivity contribution < 1.29 is 22.9 Å². The largest absolute Gasteiger partial charge is 0.462 e. The van der Waals surface area contributed by atoms with Gasteiger partial charge in [0.05, 0.1) is 17.2 Å². The van der Waals surface area contributed by atoms with Gasteiger partial charge in [-0.2, -0.15) is 0 Å². The van der Waals surface area contributed by atoms with E-state index in [1.807, 2.05) is 0 Å². The number of hydrogen-bond acceptors (Lipinski definition) is 8. The Morgan fingerprint density at radius 2 is 2.08 bits per heavy atom. The van der Waals surface area contributed by atoms with E-state index in [9.17, 15) is 23.3 Å². The fraction of sp³-hybridized carbons (Fsp3) is 0.231. The molecule has 0 aliphatic heterocycles. The standard InChI is InChI=1S/C13H13N3O6S2/c1-3-22-12(17)11-8(2)14-13(23-11)15-24(20,21)10-7-5-4-6-9(10)16(18)19/h4-7H,3H2,1-2H3,(H,14,15). The van der Waals surface area contributed by atoms with Crippen LogP contribution in [0.25, 0.3) is 0 Å². The molecule has 0 atom stereocenters. The van der Waals surface area contributed by atoms with E-state index in [1.165, 1.54) is 19.1 Å². The van der Waals surface area contributed by atoms with Gasteiger partial charge in [0.15, 0.2) is 10.0 Å². The minimum atomic E-state index is -4.23. The van der Waals surface area contributed by atoms with Crippen LogP contribution in [-0.2, 0) is 14.8 Å². The Bertz CT molecular complexity index is 891. The number of para-hydroxylation sites is 1. The van der Waals surface area contributed by atoms with Gasteiger partial charge in [-0.3, -0.25) is 14.8 Å². The molecule has 1 N–H and O–H groups in total. The van der Waals surface area contributed by atoms with Crippen molar-refractivity contribution in [3.63, 3.8) is 0 Å². The quantitative estimate of drug-likeness (QED) is 0.469. The van der Waals surface area contributed by atoms with Gasteiger partial charge in [0.25, 0.3) is 15.7 Å². The first kappa shape index (κ1) is 17.8. The first-order valence-electron chi connectivity index (χ1n) is 6.67. The van der Waals surface area contributed by atoms with Crippen LogP contribution < -0.4 is 4.72 Å². The topological polar surface area (TPSA) is 128 Å². The summed E-state index contributed by atoms with van der Waals surface area (Å²) in [6.07, 6.45) is 0. The lowest BCUT2D eigenvalue weighted by atomic mass is 10.3. The monoisotopic (exact) mass is 371 g/mol. The van der Waals surface area contributed by atoms with Crippen molar-refractivity contribution in [3.8, 4) is 0 Å². The number of hydrogen-bond donors (Lipinski definition) is 1. The van der Waals surface area contributed by atoms with Crippen LogP contribution in [0, 0.1) is 17.0 Å². The minimum Gasteiger partial charge on any atom is -0.462 e. The zero-order valence-corrected chi connectivity index (χ0v) is 14.3. The maximum Gasteiger partial charge on any atom is 0.350 e. The summed E-state index contributed by atoms with van der Waals surface area (Å²) in [5, 5.41) is 10.9. The maximum atomic E-state index is 12.4. The average Bonchev–Trinajstić information content (AvgIpc) is 2.87. The van der Waals surface area contributed by atoms with Gasteiger partial charge >= 0.3 is 5.97 Å². The number of rotatable bonds is 6. The minimum absolute atomic E-state index is 0.0753. The van der Waals surface area contributed by atoms with E-state index in [0.29, 0.717) is 5.69 Å². The van der Waals surface area contributed by atoms with Crippen LogP contribution in [-0.4, -0.2) is 30.9 Å². The summed E-state index contributed by atoms with van der Waals surface area (Å²) < 4.78 is 31.8. The molecule has 0 unspecified atom stereocenters. The molecule has 0 bridgehead atoms. The second-order valence-corrected chi connectivity index (χ2v) is 7.13. The van der Waals surface area contributed by atoms with Crippen molar-refractivity contribution in [1.82, 2.24) is 4.98 Å². The van der Waals surface area contributed by atoms with Crippen LogP contribution in [0.2, 0.25) is 0 Å². The van der Waals surface area contributed by atoms with Crippen molar-refractivity contribution in [2.75, 3.05) is 11.3 Å². The molecular weight excluding hydrogens is 358 g/mol. The van der Waals surface area contributed by atoms with Gasteiger partial charge in [0.1, 0.15) is 4.88 Å². The second kappa shape index (κ2) is 6.93. The molecule has 0 saturated heterocycles. The molecule has 0 spiro atoms. The van der Waals surface area contributed by atoms with Gasteiger partial charge < -0.3 is 4.74 Å². The fourth-order valence-electron chi connectivity index (χ4n) is 1.83. The smallest absolute Gasteiger partial charge is 0.350 e. The van der Waals surface area contributed by atoms with E-state index in [4.69, 9.17) is 4.74 Å².